The Morgan fingerprint density at radius 1 is 1.16 bits per heavy atom. The van der Waals surface area contributed by atoms with Gasteiger partial charge in [0.05, 0.1) is 35.6 Å². The molecule has 1 atom stereocenters. The van der Waals surface area contributed by atoms with E-state index in [1.54, 1.807) is 17.0 Å². The second-order valence-corrected chi connectivity index (χ2v) is 11.8. The van der Waals surface area contributed by atoms with Crippen molar-refractivity contribution in [3.05, 3.63) is 104 Å². The largest absolute Gasteiger partial charge is 0.497 e. The molecule has 0 unspecified atom stereocenters. The van der Waals surface area contributed by atoms with E-state index in [4.69, 9.17) is 34.5 Å². The van der Waals surface area contributed by atoms with E-state index in [0.29, 0.717) is 41.9 Å². The van der Waals surface area contributed by atoms with Crippen molar-refractivity contribution >= 4 is 51.4 Å². The number of carbonyl (C=O) groups is 1. The lowest BCUT2D eigenvalue weighted by Gasteiger charge is -2.42. The lowest BCUT2D eigenvalue weighted by Crippen LogP contribution is -2.53. The molecule has 1 fully saturated rings. The number of piperazine rings is 1. The molecule has 226 valence electrons. The number of halogens is 3. The van der Waals surface area contributed by atoms with E-state index in [1.807, 2.05) is 49.9 Å². The Bertz CT molecular complexity index is 1890. The van der Waals surface area contributed by atoms with Crippen LogP contribution >= 0.6 is 23.2 Å². The molecular weight excluding hydrogens is 602 g/mol. The number of rotatable bonds is 6. The second kappa shape index (κ2) is 12.4. The van der Waals surface area contributed by atoms with Gasteiger partial charge in [0, 0.05) is 53.3 Å². The molecule has 0 aliphatic carbocycles. The SMILES string of the molecule is [C-]#[N+]c1c(N2CCN(C(=O)C=C)C[C@@H]2C)c2cc(Cl)c(-c3c(F)cc(OC)cc3Cl)cc2n(-c2ccccc2C(C)C)c1=O. The molecule has 1 saturated heterocycles. The van der Waals surface area contributed by atoms with Crippen molar-refractivity contribution in [3.8, 4) is 22.6 Å². The lowest BCUT2D eigenvalue weighted by atomic mass is 9.98. The van der Waals surface area contributed by atoms with Crippen LogP contribution in [0.2, 0.25) is 10.0 Å². The van der Waals surface area contributed by atoms with Crippen molar-refractivity contribution in [3.63, 3.8) is 0 Å². The Balaban J connectivity index is 1.88. The van der Waals surface area contributed by atoms with E-state index in [1.165, 1.54) is 29.9 Å². The summed E-state index contributed by atoms with van der Waals surface area (Å²) in [5.41, 5.74) is 2.14. The van der Waals surface area contributed by atoms with E-state index < -0.39 is 11.4 Å². The highest BCUT2D eigenvalue weighted by molar-refractivity contribution is 6.37. The lowest BCUT2D eigenvalue weighted by molar-refractivity contribution is -0.126. The fourth-order valence-electron chi connectivity index (χ4n) is 5.93. The number of methoxy groups -OCH3 is 1. The summed E-state index contributed by atoms with van der Waals surface area (Å²) in [4.78, 5) is 34.2. The third-order valence-electron chi connectivity index (χ3n) is 8.04. The van der Waals surface area contributed by atoms with Crippen molar-refractivity contribution in [2.75, 3.05) is 31.6 Å². The van der Waals surface area contributed by atoms with Gasteiger partial charge in [0.1, 0.15) is 11.6 Å². The van der Waals surface area contributed by atoms with Gasteiger partial charge in [-0.2, -0.15) is 0 Å². The minimum absolute atomic E-state index is 0.0555. The third kappa shape index (κ3) is 5.31. The fraction of sp³-hybridized carbons (Fsp3) is 0.265. The fourth-order valence-corrected chi connectivity index (χ4v) is 6.48. The van der Waals surface area contributed by atoms with Gasteiger partial charge in [-0.1, -0.05) is 61.8 Å². The normalized spacial score (nSPS) is 15.0. The maximum Gasteiger partial charge on any atom is 0.274 e. The molecule has 4 aromatic rings. The molecule has 0 spiro atoms. The van der Waals surface area contributed by atoms with E-state index in [9.17, 15) is 9.59 Å². The average molecular weight is 634 g/mol. The summed E-state index contributed by atoms with van der Waals surface area (Å²) in [6, 6.07) is 13.3. The maximum atomic E-state index is 15.5. The number of pyridine rings is 1. The van der Waals surface area contributed by atoms with E-state index in [0.717, 1.165) is 5.56 Å². The minimum atomic E-state index is -0.637. The van der Waals surface area contributed by atoms with Crippen LogP contribution < -0.4 is 15.2 Å². The topological polar surface area (TPSA) is 59.1 Å². The predicted octanol–water partition coefficient (Wildman–Crippen LogP) is 8.01. The number of ether oxygens (including phenoxy) is 1. The van der Waals surface area contributed by atoms with Gasteiger partial charge in [-0.05, 0) is 48.7 Å². The highest BCUT2D eigenvalue weighted by Crippen LogP contribution is 2.44. The van der Waals surface area contributed by atoms with Gasteiger partial charge < -0.3 is 14.5 Å². The smallest absolute Gasteiger partial charge is 0.274 e. The Kier molecular flexibility index (Phi) is 8.73. The number of aromatic nitrogens is 1. The van der Waals surface area contributed by atoms with Crippen molar-refractivity contribution in [2.24, 2.45) is 0 Å². The van der Waals surface area contributed by atoms with Crippen molar-refractivity contribution < 1.29 is 13.9 Å². The number of anilines is 1. The van der Waals surface area contributed by atoms with Crippen LogP contribution in [-0.2, 0) is 4.79 Å². The number of nitrogens with zero attached hydrogens (tertiary/aromatic N) is 4. The third-order valence-corrected chi connectivity index (χ3v) is 8.66. The van der Waals surface area contributed by atoms with Gasteiger partial charge in [-0.3, -0.25) is 14.2 Å². The summed E-state index contributed by atoms with van der Waals surface area (Å²) in [6.45, 7) is 18.9. The molecule has 2 heterocycles. The number of para-hydroxylation sites is 1. The van der Waals surface area contributed by atoms with Crippen LogP contribution in [0.15, 0.2) is 66.0 Å². The number of amides is 1. The zero-order valence-corrected chi connectivity index (χ0v) is 26.3. The van der Waals surface area contributed by atoms with Crippen molar-refractivity contribution in [2.45, 2.75) is 32.7 Å². The average Bonchev–Trinajstić information content (AvgIpc) is 3.00. The molecule has 10 heteroatoms. The highest BCUT2D eigenvalue weighted by atomic mass is 35.5. The number of fused-ring (bicyclic) bond motifs is 1. The first-order valence-electron chi connectivity index (χ1n) is 14.1. The molecule has 1 amide bonds. The molecule has 0 bridgehead atoms. The standard InChI is InChI=1S/C34H31Cl2FN4O3/c1-7-30(42)39-12-13-40(20(4)18-39)33-24-16-25(35)23(31-26(36)14-21(44-6)15-27(31)37)17-29(24)41(34(43)32(33)38-5)28-11-9-8-10-22(28)19(2)3/h7-11,14-17,19-20H,1,12-13,18H2,2-4,6H3/t20-/m0/s1. The summed E-state index contributed by atoms with van der Waals surface area (Å²) < 4.78 is 22.2. The Labute approximate surface area is 265 Å². The van der Waals surface area contributed by atoms with Crippen LogP contribution in [0.4, 0.5) is 15.8 Å². The molecule has 0 saturated carbocycles. The summed E-state index contributed by atoms with van der Waals surface area (Å²) in [6.07, 6.45) is 1.28. The predicted molar refractivity (Wildman–Crippen MR) is 175 cm³/mol. The molecule has 5 rings (SSSR count). The van der Waals surface area contributed by atoms with Crippen LogP contribution in [0.3, 0.4) is 0 Å². The quantitative estimate of drug-likeness (QED) is 0.160. The maximum absolute atomic E-state index is 15.5. The van der Waals surface area contributed by atoms with Crippen LogP contribution in [-0.4, -0.2) is 48.2 Å². The number of benzene rings is 3. The van der Waals surface area contributed by atoms with E-state index >= 15 is 4.39 Å². The molecule has 0 N–H and O–H groups in total. The first kappa shape index (κ1) is 31.1. The number of hydrogen-bond acceptors (Lipinski definition) is 4. The molecule has 0 radical (unpaired) electrons. The molecule has 1 aliphatic rings. The first-order chi connectivity index (χ1) is 21.0. The summed E-state index contributed by atoms with van der Waals surface area (Å²) in [5.74, 6) is -0.511. The van der Waals surface area contributed by atoms with E-state index in [-0.39, 0.29) is 50.5 Å². The van der Waals surface area contributed by atoms with Gasteiger partial charge in [0.15, 0.2) is 0 Å². The Morgan fingerprint density at radius 3 is 2.50 bits per heavy atom. The van der Waals surface area contributed by atoms with Gasteiger partial charge in [-0.25, -0.2) is 9.24 Å². The van der Waals surface area contributed by atoms with Crippen LogP contribution in [0, 0.1) is 12.4 Å². The summed E-state index contributed by atoms with van der Waals surface area (Å²) in [5, 5.41) is 0.827. The van der Waals surface area contributed by atoms with Crippen LogP contribution in [0.5, 0.6) is 5.75 Å². The zero-order chi connectivity index (χ0) is 31.9. The number of hydrogen-bond donors (Lipinski definition) is 0. The molecule has 1 aliphatic heterocycles. The van der Waals surface area contributed by atoms with E-state index in [2.05, 4.69) is 11.4 Å². The Hall–Kier alpha value is -4.32. The molecular formula is C34H31Cl2FN4O3. The monoisotopic (exact) mass is 632 g/mol. The summed E-state index contributed by atoms with van der Waals surface area (Å²) >= 11 is 13.5. The molecule has 44 heavy (non-hydrogen) atoms. The molecule has 1 aromatic heterocycles. The second-order valence-electron chi connectivity index (χ2n) is 11.0. The van der Waals surface area contributed by atoms with Gasteiger partial charge in [0.25, 0.3) is 11.2 Å². The Morgan fingerprint density at radius 2 is 1.89 bits per heavy atom. The zero-order valence-electron chi connectivity index (χ0n) is 24.8. The van der Waals surface area contributed by atoms with Crippen LogP contribution in [0.25, 0.3) is 32.6 Å². The first-order valence-corrected chi connectivity index (χ1v) is 14.9. The van der Waals surface area contributed by atoms with Crippen molar-refractivity contribution in [1.29, 1.82) is 0 Å². The summed E-state index contributed by atoms with van der Waals surface area (Å²) in [7, 11) is 1.42. The van der Waals surface area contributed by atoms with Gasteiger partial charge in [0.2, 0.25) is 5.91 Å². The van der Waals surface area contributed by atoms with Crippen LogP contribution in [0.1, 0.15) is 32.3 Å². The number of carbonyl (C=O) groups excluding carboxylic acids is 1. The minimum Gasteiger partial charge on any atom is -0.497 e. The van der Waals surface area contributed by atoms with Gasteiger partial charge in [-0.15, -0.1) is 0 Å². The molecule has 7 nitrogen and oxygen atoms in total. The van der Waals surface area contributed by atoms with Crippen molar-refractivity contribution in [1.82, 2.24) is 9.47 Å². The highest BCUT2D eigenvalue weighted by Gasteiger charge is 2.32. The van der Waals surface area contributed by atoms with Gasteiger partial charge >= 0.3 is 0 Å². The molecule has 3 aromatic carbocycles.